The lowest BCUT2D eigenvalue weighted by Gasteiger charge is -2.29. The van der Waals surface area contributed by atoms with Crippen molar-refractivity contribution in [3.63, 3.8) is 0 Å². The molecule has 1 amide bonds. The van der Waals surface area contributed by atoms with Crippen molar-refractivity contribution in [2.45, 2.75) is 6.54 Å². The van der Waals surface area contributed by atoms with Crippen molar-refractivity contribution in [2.24, 2.45) is 0 Å². The van der Waals surface area contributed by atoms with Gasteiger partial charge in [0, 0.05) is 31.4 Å². The van der Waals surface area contributed by atoms with Crippen LogP contribution >= 0.6 is 0 Å². The van der Waals surface area contributed by atoms with E-state index in [1.807, 2.05) is 12.1 Å². The van der Waals surface area contributed by atoms with Gasteiger partial charge >= 0.3 is 0 Å². The third-order valence-electron chi connectivity index (χ3n) is 3.36. The van der Waals surface area contributed by atoms with E-state index in [2.05, 4.69) is 15.2 Å². The minimum absolute atomic E-state index is 0.225. The van der Waals surface area contributed by atoms with Gasteiger partial charge in [-0.3, -0.25) is 4.79 Å². The maximum Gasteiger partial charge on any atom is 0.287 e. The van der Waals surface area contributed by atoms with Crippen LogP contribution in [-0.2, 0) is 11.3 Å². The average molecular weight is 287 g/mol. The summed E-state index contributed by atoms with van der Waals surface area (Å²) in [4.78, 5) is 18.5. The Morgan fingerprint density at radius 1 is 1.29 bits per heavy atom. The van der Waals surface area contributed by atoms with Gasteiger partial charge < -0.3 is 19.4 Å². The number of anilines is 1. The predicted molar refractivity (Wildman–Crippen MR) is 77.1 cm³/mol. The van der Waals surface area contributed by atoms with E-state index in [9.17, 15) is 4.79 Å². The molecule has 0 atom stereocenters. The molecule has 1 saturated heterocycles. The first kappa shape index (κ1) is 13.6. The lowest BCUT2D eigenvalue weighted by molar-refractivity contribution is 0.0923. The minimum atomic E-state index is -0.225. The highest BCUT2D eigenvalue weighted by Crippen LogP contribution is 2.18. The van der Waals surface area contributed by atoms with Gasteiger partial charge in [-0.25, -0.2) is 4.98 Å². The van der Waals surface area contributed by atoms with Gasteiger partial charge in [-0.15, -0.1) is 0 Å². The summed E-state index contributed by atoms with van der Waals surface area (Å²) in [6, 6.07) is 7.18. The van der Waals surface area contributed by atoms with Gasteiger partial charge in [-0.2, -0.15) is 0 Å². The second kappa shape index (κ2) is 6.41. The first-order chi connectivity index (χ1) is 10.3. The molecule has 0 bridgehead atoms. The summed E-state index contributed by atoms with van der Waals surface area (Å²) in [5, 5.41) is 2.85. The molecule has 110 valence electrons. The molecule has 2 aromatic heterocycles. The van der Waals surface area contributed by atoms with Crippen LogP contribution in [0.3, 0.4) is 0 Å². The summed E-state index contributed by atoms with van der Waals surface area (Å²) in [6.45, 7) is 3.45. The van der Waals surface area contributed by atoms with Gasteiger partial charge in [0.05, 0.1) is 19.5 Å². The number of pyridine rings is 1. The summed E-state index contributed by atoms with van der Waals surface area (Å²) < 4.78 is 10.4. The molecular formula is C15H17N3O3. The van der Waals surface area contributed by atoms with Crippen LogP contribution in [-0.4, -0.2) is 37.2 Å². The summed E-state index contributed by atoms with van der Waals surface area (Å²) in [5.41, 5.74) is 0.985. The van der Waals surface area contributed by atoms with Gasteiger partial charge in [0.25, 0.3) is 5.91 Å². The molecule has 1 aliphatic rings. The van der Waals surface area contributed by atoms with Gasteiger partial charge in [0.2, 0.25) is 0 Å². The summed E-state index contributed by atoms with van der Waals surface area (Å²) in [5.74, 6) is 0.990. The van der Waals surface area contributed by atoms with Crippen LogP contribution in [0.2, 0.25) is 0 Å². The van der Waals surface area contributed by atoms with E-state index in [0.29, 0.717) is 25.5 Å². The van der Waals surface area contributed by atoms with E-state index in [4.69, 9.17) is 9.15 Å². The van der Waals surface area contributed by atoms with E-state index in [1.54, 1.807) is 18.3 Å². The number of aromatic nitrogens is 1. The molecule has 2 aromatic rings. The van der Waals surface area contributed by atoms with Crippen molar-refractivity contribution in [3.8, 4) is 0 Å². The van der Waals surface area contributed by atoms with Crippen LogP contribution in [0.4, 0.5) is 5.82 Å². The Morgan fingerprint density at radius 3 is 2.90 bits per heavy atom. The Hall–Kier alpha value is -2.34. The Balaban J connectivity index is 1.69. The minimum Gasteiger partial charge on any atom is -0.459 e. The summed E-state index contributed by atoms with van der Waals surface area (Å²) in [7, 11) is 0. The molecule has 6 nitrogen and oxygen atoms in total. The second-order valence-electron chi connectivity index (χ2n) is 4.75. The molecule has 0 radical (unpaired) electrons. The van der Waals surface area contributed by atoms with Gasteiger partial charge in [0.15, 0.2) is 5.76 Å². The molecule has 0 spiro atoms. The highest BCUT2D eigenvalue weighted by atomic mass is 16.5. The monoisotopic (exact) mass is 287 g/mol. The fourth-order valence-corrected chi connectivity index (χ4v) is 2.30. The average Bonchev–Trinajstić information content (AvgIpc) is 3.08. The molecule has 0 saturated carbocycles. The lowest BCUT2D eigenvalue weighted by Crippen LogP contribution is -2.37. The quantitative estimate of drug-likeness (QED) is 0.921. The Morgan fingerprint density at radius 2 is 2.14 bits per heavy atom. The highest BCUT2D eigenvalue weighted by Gasteiger charge is 2.16. The zero-order valence-corrected chi connectivity index (χ0v) is 11.6. The number of furan rings is 1. The number of carbonyl (C=O) groups excluding carboxylic acids is 1. The van der Waals surface area contributed by atoms with Crippen molar-refractivity contribution in [3.05, 3.63) is 48.0 Å². The van der Waals surface area contributed by atoms with E-state index in [1.165, 1.54) is 6.26 Å². The summed E-state index contributed by atoms with van der Waals surface area (Å²) in [6.07, 6.45) is 3.25. The number of ether oxygens (including phenoxy) is 1. The Labute approximate surface area is 122 Å². The molecule has 0 unspecified atom stereocenters. The molecule has 6 heteroatoms. The standard InChI is InChI=1S/C15H17N3O3/c19-15(13-4-2-8-21-13)17-11-12-3-1-5-16-14(12)18-6-9-20-10-7-18/h1-5,8H,6-7,9-11H2,(H,17,19). The molecule has 1 aliphatic heterocycles. The SMILES string of the molecule is O=C(NCc1cccnc1N1CCOCC1)c1ccco1. The maximum atomic E-state index is 11.9. The number of amides is 1. The number of morpholine rings is 1. The van der Waals surface area contributed by atoms with Crippen LogP contribution in [0, 0.1) is 0 Å². The van der Waals surface area contributed by atoms with Crippen molar-refractivity contribution in [2.75, 3.05) is 31.2 Å². The van der Waals surface area contributed by atoms with Gasteiger partial charge in [-0.05, 0) is 18.2 Å². The number of hydrogen-bond acceptors (Lipinski definition) is 5. The van der Waals surface area contributed by atoms with E-state index >= 15 is 0 Å². The molecule has 0 aliphatic carbocycles. The van der Waals surface area contributed by atoms with E-state index in [-0.39, 0.29) is 5.91 Å². The van der Waals surface area contributed by atoms with Gasteiger partial charge in [-0.1, -0.05) is 6.07 Å². The first-order valence-electron chi connectivity index (χ1n) is 6.93. The number of hydrogen-bond donors (Lipinski definition) is 1. The largest absolute Gasteiger partial charge is 0.459 e. The topological polar surface area (TPSA) is 67.6 Å². The van der Waals surface area contributed by atoms with E-state index in [0.717, 1.165) is 24.5 Å². The van der Waals surface area contributed by atoms with Crippen LogP contribution in [0.1, 0.15) is 16.1 Å². The van der Waals surface area contributed by atoms with Crippen LogP contribution in [0.25, 0.3) is 0 Å². The van der Waals surface area contributed by atoms with Gasteiger partial charge in [0.1, 0.15) is 5.82 Å². The van der Waals surface area contributed by atoms with Crippen LogP contribution in [0.5, 0.6) is 0 Å². The number of carbonyl (C=O) groups is 1. The third kappa shape index (κ3) is 3.22. The van der Waals surface area contributed by atoms with Crippen molar-refractivity contribution < 1.29 is 13.9 Å². The van der Waals surface area contributed by atoms with Crippen molar-refractivity contribution >= 4 is 11.7 Å². The maximum absolute atomic E-state index is 11.9. The van der Waals surface area contributed by atoms with Crippen LogP contribution in [0.15, 0.2) is 41.1 Å². The zero-order chi connectivity index (χ0) is 14.5. The normalized spacial score (nSPS) is 15.0. The van der Waals surface area contributed by atoms with Crippen LogP contribution < -0.4 is 10.2 Å². The Kier molecular flexibility index (Phi) is 4.16. The second-order valence-corrected chi connectivity index (χ2v) is 4.75. The van der Waals surface area contributed by atoms with Crippen molar-refractivity contribution in [1.82, 2.24) is 10.3 Å². The molecular weight excluding hydrogens is 270 g/mol. The Bertz CT molecular complexity index is 592. The smallest absolute Gasteiger partial charge is 0.287 e. The molecule has 0 aromatic carbocycles. The van der Waals surface area contributed by atoms with Crippen molar-refractivity contribution in [1.29, 1.82) is 0 Å². The highest BCUT2D eigenvalue weighted by molar-refractivity contribution is 5.91. The lowest BCUT2D eigenvalue weighted by atomic mass is 10.2. The molecule has 1 N–H and O–H groups in total. The molecule has 3 rings (SSSR count). The fourth-order valence-electron chi connectivity index (χ4n) is 2.30. The molecule has 1 fully saturated rings. The molecule has 21 heavy (non-hydrogen) atoms. The first-order valence-corrected chi connectivity index (χ1v) is 6.93. The van der Waals surface area contributed by atoms with E-state index < -0.39 is 0 Å². The third-order valence-corrected chi connectivity index (χ3v) is 3.36. The number of rotatable bonds is 4. The summed E-state index contributed by atoms with van der Waals surface area (Å²) >= 11 is 0. The number of nitrogens with one attached hydrogen (secondary N) is 1. The zero-order valence-electron chi connectivity index (χ0n) is 11.6. The predicted octanol–water partition coefficient (Wildman–Crippen LogP) is 1.44. The molecule has 3 heterocycles. The fraction of sp³-hybridized carbons (Fsp3) is 0.333. The number of nitrogens with zero attached hydrogens (tertiary/aromatic N) is 2.